The summed E-state index contributed by atoms with van der Waals surface area (Å²) in [5.41, 5.74) is 3.93. The number of benzene rings is 3. The molecule has 0 heterocycles. The van der Waals surface area contributed by atoms with Gasteiger partial charge >= 0.3 is 0 Å². The smallest absolute Gasteiger partial charge is 0.271 e. The minimum absolute atomic E-state index is 0.0924. The number of para-hydroxylation sites is 1. The molecule has 10 heteroatoms. The monoisotopic (exact) mass is 495 g/mol. The van der Waals surface area contributed by atoms with E-state index in [0.717, 1.165) is 0 Å². The van der Waals surface area contributed by atoms with Crippen molar-refractivity contribution in [2.24, 2.45) is 5.10 Å². The molecular weight excluding hydrogens is 481 g/mol. The van der Waals surface area contributed by atoms with Gasteiger partial charge in [-0.25, -0.2) is 13.8 Å². The molecule has 0 aliphatic heterocycles. The molecule has 3 aromatic carbocycles. The number of nitrogens with one attached hydrogen (secondary N) is 2. The van der Waals surface area contributed by atoms with Crippen molar-refractivity contribution in [1.29, 1.82) is 0 Å². The molecule has 3 rings (SSSR count). The van der Waals surface area contributed by atoms with Crippen molar-refractivity contribution in [3.63, 3.8) is 0 Å². The third-order valence-electron chi connectivity index (χ3n) is 4.19. The van der Waals surface area contributed by atoms with Gasteiger partial charge in [0.05, 0.1) is 31.4 Å². The fourth-order valence-electron chi connectivity index (χ4n) is 2.54. The van der Waals surface area contributed by atoms with Crippen molar-refractivity contribution in [2.75, 3.05) is 4.72 Å². The van der Waals surface area contributed by atoms with Gasteiger partial charge in [0.15, 0.2) is 0 Å². The molecule has 3 aromatic rings. The Morgan fingerprint density at radius 1 is 0.839 bits per heavy atom. The molecule has 0 spiro atoms. The SMILES string of the molecule is C/C(=N/NC(=O)c1cccc(S(=O)(=O)Nc2ccccc2Cl)c1)c1ccc(Cl)c(Cl)c1. The summed E-state index contributed by atoms with van der Waals surface area (Å²) in [7, 11) is -3.95. The first-order valence-corrected chi connectivity index (χ1v) is 11.5. The summed E-state index contributed by atoms with van der Waals surface area (Å²) < 4.78 is 27.8. The lowest BCUT2D eigenvalue weighted by molar-refractivity contribution is 0.0954. The molecule has 31 heavy (non-hydrogen) atoms. The molecule has 2 N–H and O–H groups in total. The molecule has 0 atom stereocenters. The van der Waals surface area contributed by atoms with Crippen LogP contribution in [0.25, 0.3) is 0 Å². The Morgan fingerprint density at radius 3 is 2.29 bits per heavy atom. The minimum Gasteiger partial charge on any atom is -0.278 e. The van der Waals surface area contributed by atoms with Gasteiger partial charge in [0.2, 0.25) is 0 Å². The van der Waals surface area contributed by atoms with Gasteiger partial charge in [-0.1, -0.05) is 59.1 Å². The molecular formula is C21H16Cl3N3O3S. The van der Waals surface area contributed by atoms with E-state index in [1.165, 1.54) is 30.3 Å². The Hall–Kier alpha value is -2.58. The van der Waals surface area contributed by atoms with Crippen LogP contribution in [0.1, 0.15) is 22.8 Å². The minimum atomic E-state index is -3.95. The van der Waals surface area contributed by atoms with Crippen LogP contribution in [0.2, 0.25) is 15.1 Å². The molecule has 0 unspecified atom stereocenters. The largest absolute Gasteiger partial charge is 0.278 e. The zero-order valence-electron chi connectivity index (χ0n) is 16.1. The number of carbonyl (C=O) groups excluding carboxylic acids is 1. The van der Waals surface area contributed by atoms with E-state index in [2.05, 4.69) is 15.2 Å². The van der Waals surface area contributed by atoms with Crippen molar-refractivity contribution in [2.45, 2.75) is 11.8 Å². The van der Waals surface area contributed by atoms with Crippen LogP contribution in [0.4, 0.5) is 5.69 Å². The summed E-state index contributed by atoms with van der Waals surface area (Å²) in [5.74, 6) is -0.575. The molecule has 0 saturated carbocycles. The summed E-state index contributed by atoms with van der Waals surface area (Å²) in [6.45, 7) is 1.69. The van der Waals surface area contributed by atoms with E-state index in [1.54, 1.807) is 43.3 Å². The van der Waals surface area contributed by atoms with E-state index < -0.39 is 15.9 Å². The Balaban J connectivity index is 1.78. The lowest BCUT2D eigenvalue weighted by atomic mass is 10.1. The first kappa shape index (κ1) is 23.1. The maximum absolute atomic E-state index is 12.7. The number of nitrogens with zero attached hydrogens (tertiary/aromatic N) is 1. The second-order valence-corrected chi connectivity index (χ2v) is 9.28. The molecule has 0 bridgehead atoms. The van der Waals surface area contributed by atoms with Crippen LogP contribution in [0.5, 0.6) is 0 Å². The van der Waals surface area contributed by atoms with Crippen LogP contribution in [0, 0.1) is 0 Å². The van der Waals surface area contributed by atoms with Gasteiger partial charge in [-0.3, -0.25) is 9.52 Å². The standard InChI is InChI=1S/C21H16Cl3N3O3S/c1-13(14-9-10-17(22)19(24)12-14)25-26-21(28)15-5-4-6-16(11-15)31(29,30)27-20-8-3-2-7-18(20)23/h2-12,27H,1H3,(H,26,28)/b25-13-. The molecule has 0 aliphatic carbocycles. The van der Waals surface area contributed by atoms with Gasteiger partial charge < -0.3 is 0 Å². The van der Waals surface area contributed by atoms with Crippen LogP contribution >= 0.6 is 34.8 Å². The lowest BCUT2D eigenvalue weighted by Gasteiger charge is -2.10. The van der Waals surface area contributed by atoms with Gasteiger partial charge in [0, 0.05) is 5.56 Å². The summed E-state index contributed by atoms with van der Waals surface area (Å²) >= 11 is 17.9. The molecule has 160 valence electrons. The van der Waals surface area contributed by atoms with Crippen molar-refractivity contribution >= 4 is 62.1 Å². The molecule has 0 saturated heterocycles. The highest BCUT2D eigenvalue weighted by molar-refractivity contribution is 7.92. The second-order valence-electron chi connectivity index (χ2n) is 6.38. The Bertz CT molecular complexity index is 1280. The van der Waals surface area contributed by atoms with E-state index in [0.29, 0.717) is 21.3 Å². The van der Waals surface area contributed by atoms with Gasteiger partial charge in [0.1, 0.15) is 0 Å². The van der Waals surface area contributed by atoms with Crippen LogP contribution in [0.15, 0.2) is 76.7 Å². The number of hydrazone groups is 1. The van der Waals surface area contributed by atoms with Crippen molar-refractivity contribution in [3.8, 4) is 0 Å². The predicted octanol–water partition coefficient (Wildman–Crippen LogP) is 5.60. The van der Waals surface area contributed by atoms with Crippen LogP contribution in [0.3, 0.4) is 0 Å². The fraction of sp³-hybridized carbons (Fsp3) is 0.0476. The Morgan fingerprint density at radius 2 is 1.58 bits per heavy atom. The van der Waals surface area contributed by atoms with E-state index in [4.69, 9.17) is 34.8 Å². The van der Waals surface area contributed by atoms with Gasteiger partial charge in [-0.15, -0.1) is 0 Å². The average Bonchev–Trinajstić information content (AvgIpc) is 2.75. The highest BCUT2D eigenvalue weighted by Gasteiger charge is 2.17. The molecule has 0 aromatic heterocycles. The number of amides is 1. The van der Waals surface area contributed by atoms with Crippen molar-refractivity contribution in [1.82, 2.24) is 5.43 Å². The number of rotatable bonds is 6. The average molecular weight is 497 g/mol. The van der Waals surface area contributed by atoms with Gasteiger partial charge in [0.25, 0.3) is 15.9 Å². The fourth-order valence-corrected chi connectivity index (χ4v) is 4.20. The quantitative estimate of drug-likeness (QED) is 0.344. The van der Waals surface area contributed by atoms with Gasteiger partial charge in [-0.2, -0.15) is 5.10 Å². The van der Waals surface area contributed by atoms with Gasteiger partial charge in [-0.05, 0) is 55.0 Å². The summed E-state index contributed by atoms with van der Waals surface area (Å²) in [4.78, 5) is 12.4. The first-order valence-electron chi connectivity index (χ1n) is 8.85. The highest BCUT2D eigenvalue weighted by atomic mass is 35.5. The third-order valence-corrected chi connectivity index (χ3v) is 6.62. The van der Waals surface area contributed by atoms with E-state index in [9.17, 15) is 13.2 Å². The Kier molecular flexibility index (Phi) is 7.23. The maximum Gasteiger partial charge on any atom is 0.271 e. The van der Waals surface area contributed by atoms with Crippen LogP contribution < -0.4 is 10.1 Å². The number of sulfonamides is 1. The maximum atomic E-state index is 12.7. The highest BCUT2D eigenvalue weighted by Crippen LogP contribution is 2.25. The molecule has 0 fully saturated rings. The Labute approximate surface area is 194 Å². The number of carbonyl (C=O) groups is 1. The normalized spacial score (nSPS) is 11.8. The predicted molar refractivity (Wildman–Crippen MR) is 125 cm³/mol. The zero-order chi connectivity index (χ0) is 22.6. The van der Waals surface area contributed by atoms with Crippen molar-refractivity contribution < 1.29 is 13.2 Å². The second kappa shape index (κ2) is 9.70. The summed E-state index contributed by atoms with van der Waals surface area (Å²) in [6, 6.07) is 17.0. The summed E-state index contributed by atoms with van der Waals surface area (Å²) in [6.07, 6.45) is 0. The van der Waals surface area contributed by atoms with E-state index in [1.807, 2.05) is 0 Å². The number of anilines is 1. The topological polar surface area (TPSA) is 87.6 Å². The van der Waals surface area contributed by atoms with Crippen molar-refractivity contribution in [3.05, 3.63) is 92.9 Å². The van der Waals surface area contributed by atoms with Crippen LogP contribution in [-0.4, -0.2) is 20.0 Å². The lowest BCUT2D eigenvalue weighted by Crippen LogP contribution is -2.20. The first-order chi connectivity index (χ1) is 14.7. The van der Waals surface area contributed by atoms with E-state index >= 15 is 0 Å². The number of halogens is 3. The molecule has 0 aliphatic rings. The summed E-state index contributed by atoms with van der Waals surface area (Å²) in [5, 5.41) is 5.07. The number of hydrogen-bond acceptors (Lipinski definition) is 4. The molecule has 1 amide bonds. The molecule has 0 radical (unpaired) electrons. The van der Waals surface area contributed by atoms with E-state index in [-0.39, 0.29) is 21.2 Å². The zero-order valence-corrected chi connectivity index (χ0v) is 19.1. The molecule has 6 nitrogen and oxygen atoms in total. The number of hydrogen-bond donors (Lipinski definition) is 2. The van der Waals surface area contributed by atoms with Crippen LogP contribution in [-0.2, 0) is 10.0 Å². The third kappa shape index (κ3) is 5.77.